The molecule has 1 nitrogen and oxygen atoms in total. The van der Waals surface area contributed by atoms with Crippen molar-refractivity contribution in [1.29, 1.82) is 0 Å². The highest BCUT2D eigenvalue weighted by Gasteiger charge is 2.25. The molecule has 2 atom stereocenters. The molecule has 0 aliphatic carbocycles. The summed E-state index contributed by atoms with van der Waals surface area (Å²) >= 11 is 12.9. The van der Waals surface area contributed by atoms with Crippen molar-refractivity contribution in [1.82, 2.24) is 0 Å². The predicted molar refractivity (Wildman–Crippen MR) is 91.3 cm³/mol. The minimum atomic E-state index is -0.327. The van der Waals surface area contributed by atoms with Gasteiger partial charge in [0.1, 0.15) is 0 Å². The first-order valence-electron chi connectivity index (χ1n) is 6.13. The average molecular weight is 417 g/mol. The van der Waals surface area contributed by atoms with Crippen molar-refractivity contribution in [2.75, 3.05) is 0 Å². The van der Waals surface area contributed by atoms with E-state index in [0.717, 1.165) is 5.56 Å². The molecule has 0 spiro atoms. The molecule has 4 heteroatoms. The fourth-order valence-electron chi connectivity index (χ4n) is 1.83. The maximum atomic E-state index is 12.4. The molecule has 2 aromatic carbocycles. The summed E-state index contributed by atoms with van der Waals surface area (Å²) in [6, 6.07) is 15.1. The van der Waals surface area contributed by atoms with Crippen LogP contribution in [0.25, 0.3) is 0 Å². The summed E-state index contributed by atoms with van der Waals surface area (Å²) < 4.78 is 0. The molecule has 0 aliphatic rings. The lowest BCUT2D eigenvalue weighted by Crippen LogP contribution is -2.19. The van der Waals surface area contributed by atoms with Crippen LogP contribution in [0.15, 0.2) is 48.5 Å². The maximum absolute atomic E-state index is 12.4. The molecule has 0 fully saturated rings. The number of hydrogen-bond acceptors (Lipinski definition) is 1. The van der Waals surface area contributed by atoms with Crippen LogP contribution in [-0.4, -0.2) is 10.6 Å². The molecule has 0 saturated carbocycles. The molecule has 0 saturated heterocycles. The van der Waals surface area contributed by atoms with E-state index in [-0.39, 0.29) is 15.4 Å². The van der Waals surface area contributed by atoms with Gasteiger partial charge in [0.25, 0.3) is 0 Å². The molecule has 0 heterocycles. The largest absolute Gasteiger partial charge is 0.293 e. The van der Waals surface area contributed by atoms with Gasteiger partial charge in [-0.15, -0.1) is 0 Å². The van der Waals surface area contributed by atoms with Gasteiger partial charge in [-0.3, -0.25) is 4.79 Å². The molecule has 0 aliphatic heterocycles. The number of aryl methyl sites for hydroxylation is 1. The zero-order chi connectivity index (χ0) is 14.7. The summed E-state index contributed by atoms with van der Waals surface area (Å²) in [6.45, 7) is 2.04. The van der Waals surface area contributed by atoms with E-state index in [9.17, 15) is 4.79 Å². The Balaban J connectivity index is 2.17. The summed E-state index contributed by atoms with van der Waals surface area (Å²) in [4.78, 5) is 12.0. The van der Waals surface area contributed by atoms with E-state index in [4.69, 9.17) is 11.6 Å². The van der Waals surface area contributed by atoms with Crippen LogP contribution >= 0.6 is 43.5 Å². The SMILES string of the molecule is Cc1ccc([C@@H](Br)[C@@H](Br)C(=O)c2ccc(Cl)cc2)cc1. The zero-order valence-corrected chi connectivity index (χ0v) is 14.7. The Hall–Kier alpha value is -0.640. The van der Waals surface area contributed by atoms with Crippen molar-refractivity contribution in [3.63, 3.8) is 0 Å². The summed E-state index contributed by atoms with van der Waals surface area (Å²) in [7, 11) is 0. The summed E-state index contributed by atoms with van der Waals surface area (Å²) in [5, 5.41) is 0.626. The second kappa shape index (κ2) is 6.88. The third-order valence-electron chi connectivity index (χ3n) is 3.03. The number of hydrogen-bond donors (Lipinski definition) is 0. The van der Waals surface area contributed by atoms with Crippen molar-refractivity contribution >= 4 is 49.2 Å². The molecule has 2 aromatic rings. The maximum Gasteiger partial charge on any atom is 0.177 e. The van der Waals surface area contributed by atoms with Crippen molar-refractivity contribution in [3.05, 3.63) is 70.2 Å². The number of rotatable bonds is 4. The van der Waals surface area contributed by atoms with Gasteiger partial charge in [0.05, 0.1) is 9.65 Å². The third kappa shape index (κ3) is 3.72. The van der Waals surface area contributed by atoms with Gasteiger partial charge in [0.2, 0.25) is 0 Å². The van der Waals surface area contributed by atoms with Gasteiger partial charge >= 0.3 is 0 Å². The van der Waals surface area contributed by atoms with Crippen molar-refractivity contribution in [3.8, 4) is 0 Å². The van der Waals surface area contributed by atoms with Gasteiger partial charge in [-0.05, 0) is 36.8 Å². The Labute approximate surface area is 140 Å². The molecule has 104 valence electrons. The van der Waals surface area contributed by atoms with Gasteiger partial charge in [-0.1, -0.05) is 73.3 Å². The van der Waals surface area contributed by atoms with Crippen LogP contribution in [0.5, 0.6) is 0 Å². The normalized spacial score (nSPS) is 13.8. The van der Waals surface area contributed by atoms with Gasteiger partial charge < -0.3 is 0 Å². The number of Topliss-reactive ketones (excluding diaryl/α,β-unsaturated/α-hetero) is 1. The standard InChI is InChI=1S/C16H13Br2ClO/c1-10-2-4-11(5-3-10)14(17)15(18)16(20)12-6-8-13(19)9-7-12/h2-9,14-15H,1H3/t14-,15-/m1/s1. The van der Waals surface area contributed by atoms with Gasteiger partial charge in [-0.2, -0.15) is 0 Å². The van der Waals surface area contributed by atoms with Crippen LogP contribution in [0, 0.1) is 6.92 Å². The van der Waals surface area contributed by atoms with Crippen molar-refractivity contribution in [2.24, 2.45) is 0 Å². The molecule has 0 N–H and O–H groups in total. The first-order chi connectivity index (χ1) is 9.49. The Morgan fingerprint density at radius 3 is 2.10 bits per heavy atom. The minimum Gasteiger partial charge on any atom is -0.293 e. The number of alkyl halides is 2. The van der Waals surface area contributed by atoms with E-state index in [1.54, 1.807) is 24.3 Å². The van der Waals surface area contributed by atoms with Gasteiger partial charge in [-0.25, -0.2) is 0 Å². The zero-order valence-electron chi connectivity index (χ0n) is 10.8. The molecule has 20 heavy (non-hydrogen) atoms. The summed E-state index contributed by atoms with van der Waals surface area (Å²) in [5.74, 6) is 0.0316. The third-order valence-corrected chi connectivity index (χ3v) is 6.00. The molecular formula is C16H13Br2ClO. The highest BCUT2D eigenvalue weighted by Crippen LogP contribution is 2.33. The fourth-order valence-corrected chi connectivity index (χ4v) is 3.07. The average Bonchev–Trinajstić information content (AvgIpc) is 2.46. The van der Waals surface area contributed by atoms with Crippen LogP contribution < -0.4 is 0 Å². The molecular weight excluding hydrogens is 403 g/mol. The summed E-state index contributed by atoms with van der Waals surface area (Å²) in [6.07, 6.45) is 0. The Morgan fingerprint density at radius 2 is 1.55 bits per heavy atom. The van der Waals surface area contributed by atoms with E-state index in [1.807, 2.05) is 31.2 Å². The first-order valence-corrected chi connectivity index (χ1v) is 8.34. The van der Waals surface area contributed by atoms with E-state index >= 15 is 0 Å². The number of benzene rings is 2. The fraction of sp³-hybridized carbons (Fsp3) is 0.188. The summed E-state index contributed by atoms with van der Waals surface area (Å²) in [5.41, 5.74) is 2.91. The quantitative estimate of drug-likeness (QED) is 0.459. The van der Waals surface area contributed by atoms with E-state index in [0.29, 0.717) is 10.6 Å². The number of halogens is 3. The van der Waals surface area contributed by atoms with E-state index in [1.165, 1.54) is 5.56 Å². The second-order valence-corrected chi connectivity index (χ2v) is 6.99. The van der Waals surface area contributed by atoms with Crippen LogP contribution in [0.4, 0.5) is 0 Å². The lowest BCUT2D eigenvalue weighted by atomic mass is 10.0. The molecule has 0 aromatic heterocycles. The molecule has 2 rings (SSSR count). The molecule has 0 radical (unpaired) electrons. The van der Waals surface area contributed by atoms with Crippen molar-refractivity contribution < 1.29 is 4.79 Å². The monoisotopic (exact) mass is 414 g/mol. The Morgan fingerprint density at radius 1 is 1.00 bits per heavy atom. The van der Waals surface area contributed by atoms with E-state index < -0.39 is 0 Å². The Kier molecular flexibility index (Phi) is 5.42. The number of ketones is 1. The lowest BCUT2D eigenvalue weighted by Gasteiger charge is -2.16. The van der Waals surface area contributed by atoms with Crippen LogP contribution in [0.1, 0.15) is 26.3 Å². The highest BCUT2D eigenvalue weighted by molar-refractivity contribution is 9.12. The number of carbonyl (C=O) groups is 1. The lowest BCUT2D eigenvalue weighted by molar-refractivity contribution is 0.0991. The topological polar surface area (TPSA) is 17.1 Å². The smallest absolute Gasteiger partial charge is 0.177 e. The first kappa shape index (κ1) is 15.7. The minimum absolute atomic E-state index is 0.0316. The van der Waals surface area contributed by atoms with E-state index in [2.05, 4.69) is 31.9 Å². The molecule has 0 amide bonds. The molecule has 0 bridgehead atoms. The molecule has 0 unspecified atom stereocenters. The van der Waals surface area contributed by atoms with Crippen LogP contribution in [0.3, 0.4) is 0 Å². The number of carbonyl (C=O) groups excluding carboxylic acids is 1. The highest BCUT2D eigenvalue weighted by atomic mass is 79.9. The van der Waals surface area contributed by atoms with Crippen LogP contribution in [-0.2, 0) is 0 Å². The predicted octanol–water partition coefficient (Wildman–Crippen LogP) is 5.73. The van der Waals surface area contributed by atoms with Crippen LogP contribution in [0.2, 0.25) is 5.02 Å². The van der Waals surface area contributed by atoms with Gasteiger partial charge in [0.15, 0.2) is 5.78 Å². The van der Waals surface area contributed by atoms with Crippen molar-refractivity contribution in [2.45, 2.75) is 16.6 Å². The second-order valence-electron chi connectivity index (χ2n) is 4.59. The van der Waals surface area contributed by atoms with Gasteiger partial charge in [0, 0.05) is 10.6 Å². The Bertz CT molecular complexity index is 593.